The summed E-state index contributed by atoms with van der Waals surface area (Å²) in [5.41, 5.74) is 6.67. The highest BCUT2D eigenvalue weighted by Gasteiger charge is 2.24. The zero-order chi connectivity index (χ0) is 9.97. The summed E-state index contributed by atoms with van der Waals surface area (Å²) in [6, 6.07) is 6.37. The second-order valence-electron chi connectivity index (χ2n) is 3.46. The topological polar surface area (TPSA) is 47.3 Å². The van der Waals surface area contributed by atoms with Gasteiger partial charge in [0, 0.05) is 5.69 Å². The minimum Gasteiger partial charge on any atom is -0.378 e. The zero-order valence-electron chi connectivity index (χ0n) is 7.74. The van der Waals surface area contributed by atoms with Crippen molar-refractivity contribution in [1.29, 1.82) is 0 Å². The molecule has 0 bridgehead atoms. The molecule has 2 rings (SSSR count). The average Bonchev–Trinajstić information content (AvgIpc) is 2.56. The van der Waals surface area contributed by atoms with Gasteiger partial charge in [-0.05, 0) is 24.3 Å². The Labute approximate surface area is 82.1 Å². The van der Waals surface area contributed by atoms with Crippen LogP contribution in [-0.2, 0) is 4.74 Å². The molecule has 1 aliphatic rings. The fourth-order valence-corrected chi connectivity index (χ4v) is 1.48. The maximum Gasteiger partial charge on any atom is 0.123 e. The summed E-state index contributed by atoms with van der Waals surface area (Å²) in [5, 5.41) is 3.20. The molecule has 1 fully saturated rings. The van der Waals surface area contributed by atoms with E-state index in [1.54, 1.807) is 12.1 Å². The second kappa shape index (κ2) is 3.94. The summed E-state index contributed by atoms with van der Waals surface area (Å²) in [6.45, 7) is 1.19. The molecule has 14 heavy (non-hydrogen) atoms. The number of halogens is 1. The van der Waals surface area contributed by atoms with Crippen LogP contribution in [0.1, 0.15) is 0 Å². The molecule has 3 nitrogen and oxygen atoms in total. The first-order chi connectivity index (χ1) is 6.75. The molecule has 4 heteroatoms. The SMILES string of the molecule is NC1COCC1Nc1ccc(F)cc1. The van der Waals surface area contributed by atoms with Gasteiger partial charge in [-0.1, -0.05) is 0 Å². The molecule has 76 valence electrons. The molecule has 0 aliphatic carbocycles. The Kier molecular flexibility index (Phi) is 2.65. The largest absolute Gasteiger partial charge is 0.378 e. The van der Waals surface area contributed by atoms with Crippen LogP contribution in [0.25, 0.3) is 0 Å². The first-order valence-electron chi connectivity index (χ1n) is 4.61. The molecule has 2 atom stereocenters. The molecule has 1 aromatic rings. The molecular weight excluding hydrogens is 183 g/mol. The van der Waals surface area contributed by atoms with Crippen molar-refractivity contribution in [3.63, 3.8) is 0 Å². The van der Waals surface area contributed by atoms with Gasteiger partial charge in [0.25, 0.3) is 0 Å². The third-order valence-corrected chi connectivity index (χ3v) is 2.32. The molecule has 1 heterocycles. The third-order valence-electron chi connectivity index (χ3n) is 2.32. The number of nitrogens with one attached hydrogen (secondary N) is 1. The minimum absolute atomic E-state index is 0.0139. The van der Waals surface area contributed by atoms with Gasteiger partial charge in [0.1, 0.15) is 5.82 Å². The van der Waals surface area contributed by atoms with Crippen LogP contribution < -0.4 is 11.1 Å². The van der Waals surface area contributed by atoms with Gasteiger partial charge in [-0.15, -0.1) is 0 Å². The van der Waals surface area contributed by atoms with E-state index in [-0.39, 0.29) is 17.9 Å². The van der Waals surface area contributed by atoms with E-state index in [1.807, 2.05) is 0 Å². The Morgan fingerprint density at radius 3 is 2.57 bits per heavy atom. The molecule has 0 spiro atoms. The van der Waals surface area contributed by atoms with Crippen molar-refractivity contribution in [3.05, 3.63) is 30.1 Å². The van der Waals surface area contributed by atoms with Gasteiger partial charge in [-0.25, -0.2) is 4.39 Å². The van der Waals surface area contributed by atoms with Crippen LogP contribution in [0.2, 0.25) is 0 Å². The van der Waals surface area contributed by atoms with Gasteiger partial charge in [0.2, 0.25) is 0 Å². The quantitative estimate of drug-likeness (QED) is 0.740. The van der Waals surface area contributed by atoms with Crippen LogP contribution in [0, 0.1) is 5.82 Å². The standard InChI is InChI=1S/C10H13FN2O/c11-7-1-3-8(4-2-7)13-10-6-14-5-9(10)12/h1-4,9-10,13H,5-6,12H2. The van der Waals surface area contributed by atoms with Gasteiger partial charge in [-0.2, -0.15) is 0 Å². The van der Waals surface area contributed by atoms with Crippen molar-refractivity contribution in [1.82, 2.24) is 0 Å². The zero-order valence-corrected chi connectivity index (χ0v) is 7.74. The van der Waals surface area contributed by atoms with Crippen molar-refractivity contribution in [2.75, 3.05) is 18.5 Å². The van der Waals surface area contributed by atoms with Gasteiger partial charge in [-0.3, -0.25) is 0 Å². The highest BCUT2D eigenvalue weighted by molar-refractivity contribution is 5.44. The van der Waals surface area contributed by atoms with E-state index in [0.717, 1.165) is 5.69 Å². The molecule has 1 aromatic carbocycles. The summed E-state index contributed by atoms with van der Waals surface area (Å²) in [4.78, 5) is 0. The van der Waals surface area contributed by atoms with E-state index in [1.165, 1.54) is 12.1 Å². The van der Waals surface area contributed by atoms with Crippen molar-refractivity contribution in [2.45, 2.75) is 12.1 Å². The second-order valence-corrected chi connectivity index (χ2v) is 3.46. The smallest absolute Gasteiger partial charge is 0.123 e. The molecule has 2 unspecified atom stereocenters. The van der Waals surface area contributed by atoms with Crippen LogP contribution in [0.15, 0.2) is 24.3 Å². The molecular formula is C10H13FN2O. The van der Waals surface area contributed by atoms with Crippen LogP contribution in [0.4, 0.5) is 10.1 Å². The Morgan fingerprint density at radius 2 is 2.00 bits per heavy atom. The number of hydrogen-bond donors (Lipinski definition) is 2. The molecule has 1 saturated heterocycles. The molecule has 1 aliphatic heterocycles. The Morgan fingerprint density at radius 1 is 1.29 bits per heavy atom. The maximum absolute atomic E-state index is 12.6. The van der Waals surface area contributed by atoms with Gasteiger partial charge in [0.05, 0.1) is 25.3 Å². The monoisotopic (exact) mass is 196 g/mol. The summed E-state index contributed by atoms with van der Waals surface area (Å²) in [7, 11) is 0. The molecule has 0 saturated carbocycles. The number of hydrogen-bond acceptors (Lipinski definition) is 3. The van der Waals surface area contributed by atoms with Crippen LogP contribution >= 0.6 is 0 Å². The fraction of sp³-hybridized carbons (Fsp3) is 0.400. The number of benzene rings is 1. The molecule has 0 aromatic heterocycles. The van der Waals surface area contributed by atoms with Gasteiger partial charge >= 0.3 is 0 Å². The van der Waals surface area contributed by atoms with E-state index in [4.69, 9.17) is 10.5 Å². The number of rotatable bonds is 2. The lowest BCUT2D eigenvalue weighted by atomic mass is 10.2. The van der Waals surface area contributed by atoms with Gasteiger partial charge < -0.3 is 15.8 Å². The fourth-order valence-electron chi connectivity index (χ4n) is 1.48. The lowest BCUT2D eigenvalue weighted by molar-refractivity contribution is 0.192. The van der Waals surface area contributed by atoms with E-state index in [9.17, 15) is 4.39 Å². The summed E-state index contributed by atoms with van der Waals surface area (Å²) < 4.78 is 17.8. The van der Waals surface area contributed by atoms with Crippen molar-refractivity contribution in [2.24, 2.45) is 5.73 Å². The van der Waals surface area contributed by atoms with E-state index in [2.05, 4.69) is 5.32 Å². The number of anilines is 1. The van der Waals surface area contributed by atoms with Crippen molar-refractivity contribution in [3.8, 4) is 0 Å². The summed E-state index contributed by atoms with van der Waals surface area (Å²) >= 11 is 0. The summed E-state index contributed by atoms with van der Waals surface area (Å²) in [5.74, 6) is -0.234. The predicted octanol–water partition coefficient (Wildman–Crippen LogP) is 0.964. The highest BCUT2D eigenvalue weighted by atomic mass is 19.1. The third kappa shape index (κ3) is 2.02. The normalized spacial score (nSPS) is 26.4. The highest BCUT2D eigenvalue weighted by Crippen LogP contribution is 2.13. The Balaban J connectivity index is 2.00. The van der Waals surface area contributed by atoms with Crippen LogP contribution in [-0.4, -0.2) is 25.3 Å². The van der Waals surface area contributed by atoms with Crippen molar-refractivity contribution < 1.29 is 9.13 Å². The van der Waals surface area contributed by atoms with Crippen LogP contribution in [0.3, 0.4) is 0 Å². The van der Waals surface area contributed by atoms with Crippen LogP contribution in [0.5, 0.6) is 0 Å². The molecule has 0 radical (unpaired) electrons. The van der Waals surface area contributed by atoms with E-state index < -0.39 is 0 Å². The predicted molar refractivity (Wildman–Crippen MR) is 52.6 cm³/mol. The maximum atomic E-state index is 12.6. The lowest BCUT2D eigenvalue weighted by Crippen LogP contribution is -2.38. The Hall–Kier alpha value is -1.13. The van der Waals surface area contributed by atoms with E-state index in [0.29, 0.717) is 13.2 Å². The van der Waals surface area contributed by atoms with Gasteiger partial charge in [0.15, 0.2) is 0 Å². The molecule has 3 N–H and O–H groups in total. The lowest BCUT2D eigenvalue weighted by Gasteiger charge is -2.16. The van der Waals surface area contributed by atoms with E-state index >= 15 is 0 Å². The first kappa shape index (κ1) is 9.43. The first-order valence-corrected chi connectivity index (χ1v) is 4.61. The van der Waals surface area contributed by atoms with Crippen molar-refractivity contribution >= 4 is 5.69 Å². The number of nitrogens with two attached hydrogens (primary N) is 1. The Bertz CT molecular complexity index is 301. The molecule has 0 amide bonds. The minimum atomic E-state index is -0.234. The average molecular weight is 196 g/mol. The number of ether oxygens (including phenoxy) is 1. The summed E-state index contributed by atoms with van der Waals surface area (Å²) in [6.07, 6.45) is 0.